The highest BCUT2D eigenvalue weighted by Gasteiger charge is 2.06. The second kappa shape index (κ2) is 4.87. The van der Waals surface area contributed by atoms with Gasteiger partial charge in [0.05, 0.1) is 12.2 Å². The van der Waals surface area contributed by atoms with E-state index >= 15 is 0 Å². The summed E-state index contributed by atoms with van der Waals surface area (Å²) in [6.07, 6.45) is 1.81. The highest BCUT2D eigenvalue weighted by atomic mass is 19.1. The van der Waals surface area contributed by atoms with Crippen LogP contribution in [0.4, 0.5) is 4.39 Å². The quantitative estimate of drug-likeness (QED) is 0.374. The van der Waals surface area contributed by atoms with Crippen molar-refractivity contribution in [1.29, 1.82) is 0 Å². The lowest BCUT2D eigenvalue weighted by Crippen LogP contribution is -2.14. The Labute approximate surface area is 103 Å². The number of aryl methyl sites for hydroxylation is 1. The molecule has 2 aromatic rings. The van der Waals surface area contributed by atoms with E-state index in [1.807, 2.05) is 19.2 Å². The van der Waals surface area contributed by atoms with Crippen molar-refractivity contribution in [3.05, 3.63) is 53.1 Å². The van der Waals surface area contributed by atoms with E-state index < -0.39 is 5.82 Å². The number of nitrogens with zero attached hydrogens (tertiary/aromatic N) is 3. The molecule has 0 atom stereocenters. The van der Waals surface area contributed by atoms with Gasteiger partial charge < -0.3 is 10.9 Å². The fraction of sp³-hybridized carbons (Fsp3) is 0.167. The number of hydrogen-bond donors (Lipinski definition) is 2. The van der Waals surface area contributed by atoms with Crippen molar-refractivity contribution in [2.75, 3.05) is 0 Å². The maximum absolute atomic E-state index is 13.4. The molecule has 0 spiro atoms. The summed E-state index contributed by atoms with van der Waals surface area (Å²) in [5.74, 6) is -0.551. The van der Waals surface area contributed by atoms with Crippen LogP contribution in [0.1, 0.15) is 16.8 Å². The molecule has 0 aliphatic carbocycles. The monoisotopic (exact) mass is 248 g/mol. The molecule has 94 valence electrons. The zero-order valence-electron chi connectivity index (χ0n) is 9.84. The second-order valence-corrected chi connectivity index (χ2v) is 3.99. The summed E-state index contributed by atoms with van der Waals surface area (Å²) in [5.41, 5.74) is 7.37. The molecular weight excluding hydrogens is 235 g/mol. The van der Waals surface area contributed by atoms with Crippen LogP contribution in [0.25, 0.3) is 0 Å². The summed E-state index contributed by atoms with van der Waals surface area (Å²) < 4.78 is 15.1. The molecule has 6 heteroatoms. The first-order valence-electron chi connectivity index (χ1n) is 5.36. The number of amidine groups is 1. The molecule has 0 saturated carbocycles. The maximum atomic E-state index is 13.4. The van der Waals surface area contributed by atoms with Crippen molar-refractivity contribution in [3.63, 3.8) is 0 Å². The van der Waals surface area contributed by atoms with Crippen molar-refractivity contribution < 1.29 is 9.60 Å². The van der Waals surface area contributed by atoms with Crippen molar-refractivity contribution >= 4 is 5.84 Å². The molecular formula is C12H13FN4O. The van der Waals surface area contributed by atoms with E-state index in [-0.39, 0.29) is 5.84 Å². The number of oxime groups is 1. The molecule has 1 aromatic heterocycles. The van der Waals surface area contributed by atoms with Gasteiger partial charge in [-0.25, -0.2) is 4.39 Å². The van der Waals surface area contributed by atoms with E-state index in [0.717, 1.165) is 5.69 Å². The van der Waals surface area contributed by atoms with Crippen LogP contribution in [0, 0.1) is 12.7 Å². The highest BCUT2D eigenvalue weighted by Crippen LogP contribution is 2.11. The molecule has 1 heterocycles. The van der Waals surface area contributed by atoms with Crippen LogP contribution in [0.5, 0.6) is 0 Å². The van der Waals surface area contributed by atoms with Gasteiger partial charge in [-0.05, 0) is 36.8 Å². The number of halogens is 1. The van der Waals surface area contributed by atoms with Gasteiger partial charge >= 0.3 is 0 Å². The summed E-state index contributed by atoms with van der Waals surface area (Å²) in [7, 11) is 0. The SMILES string of the molecule is Cc1ccn(Cc2cc(F)cc(/C(N)=N/O)c2)n1. The average molecular weight is 248 g/mol. The van der Waals surface area contributed by atoms with E-state index in [4.69, 9.17) is 10.9 Å². The van der Waals surface area contributed by atoms with Gasteiger partial charge in [-0.15, -0.1) is 0 Å². The first kappa shape index (κ1) is 12.1. The van der Waals surface area contributed by atoms with Crippen LogP contribution >= 0.6 is 0 Å². The van der Waals surface area contributed by atoms with E-state index in [9.17, 15) is 4.39 Å². The fourth-order valence-electron chi connectivity index (χ4n) is 1.69. The van der Waals surface area contributed by atoms with E-state index in [0.29, 0.717) is 17.7 Å². The lowest BCUT2D eigenvalue weighted by molar-refractivity contribution is 0.318. The molecule has 2 rings (SSSR count). The van der Waals surface area contributed by atoms with E-state index in [1.54, 1.807) is 10.7 Å². The molecule has 0 radical (unpaired) electrons. The number of benzene rings is 1. The Morgan fingerprint density at radius 1 is 1.50 bits per heavy atom. The predicted octanol–water partition coefficient (Wildman–Crippen LogP) is 1.47. The average Bonchev–Trinajstić information content (AvgIpc) is 2.73. The minimum absolute atomic E-state index is 0.118. The molecule has 0 saturated heterocycles. The molecule has 0 fully saturated rings. The van der Waals surface area contributed by atoms with Crippen LogP contribution in [-0.2, 0) is 6.54 Å². The van der Waals surface area contributed by atoms with Crippen molar-refractivity contribution in [1.82, 2.24) is 9.78 Å². The van der Waals surface area contributed by atoms with Gasteiger partial charge in [0.1, 0.15) is 5.82 Å². The van der Waals surface area contributed by atoms with Gasteiger partial charge in [0, 0.05) is 11.8 Å². The van der Waals surface area contributed by atoms with Crippen LogP contribution in [0.2, 0.25) is 0 Å². The van der Waals surface area contributed by atoms with Gasteiger partial charge in [-0.2, -0.15) is 5.10 Å². The highest BCUT2D eigenvalue weighted by molar-refractivity contribution is 5.97. The predicted molar refractivity (Wildman–Crippen MR) is 65.0 cm³/mol. The zero-order valence-corrected chi connectivity index (χ0v) is 9.84. The fourth-order valence-corrected chi connectivity index (χ4v) is 1.69. The summed E-state index contributed by atoms with van der Waals surface area (Å²) in [5, 5.41) is 15.7. The molecule has 0 aliphatic rings. The van der Waals surface area contributed by atoms with E-state index in [2.05, 4.69) is 10.3 Å². The molecule has 1 aromatic carbocycles. The van der Waals surface area contributed by atoms with Crippen LogP contribution < -0.4 is 5.73 Å². The van der Waals surface area contributed by atoms with Gasteiger partial charge in [0.25, 0.3) is 0 Å². The molecule has 0 unspecified atom stereocenters. The van der Waals surface area contributed by atoms with Crippen molar-refractivity contribution in [2.45, 2.75) is 13.5 Å². The van der Waals surface area contributed by atoms with Crippen LogP contribution in [0.15, 0.2) is 35.6 Å². The largest absolute Gasteiger partial charge is 0.409 e. The number of hydrogen-bond acceptors (Lipinski definition) is 3. The molecule has 5 nitrogen and oxygen atoms in total. The van der Waals surface area contributed by atoms with Crippen molar-refractivity contribution in [2.24, 2.45) is 10.9 Å². The van der Waals surface area contributed by atoms with Gasteiger partial charge in [-0.1, -0.05) is 5.16 Å². The Bertz CT molecular complexity index is 592. The zero-order chi connectivity index (χ0) is 13.1. The van der Waals surface area contributed by atoms with Gasteiger partial charge in [0.2, 0.25) is 0 Å². The van der Waals surface area contributed by atoms with Gasteiger partial charge in [-0.3, -0.25) is 4.68 Å². The minimum Gasteiger partial charge on any atom is -0.409 e. The molecule has 0 bridgehead atoms. The molecule has 3 N–H and O–H groups in total. The topological polar surface area (TPSA) is 76.4 Å². The van der Waals surface area contributed by atoms with E-state index in [1.165, 1.54) is 12.1 Å². The third-order valence-corrected chi connectivity index (χ3v) is 2.48. The Kier molecular flexibility index (Phi) is 3.27. The van der Waals surface area contributed by atoms with Crippen LogP contribution in [0.3, 0.4) is 0 Å². The van der Waals surface area contributed by atoms with Gasteiger partial charge in [0.15, 0.2) is 5.84 Å². The smallest absolute Gasteiger partial charge is 0.170 e. The minimum atomic E-state index is -0.432. The van der Waals surface area contributed by atoms with Crippen LogP contribution in [-0.4, -0.2) is 20.8 Å². The Morgan fingerprint density at radius 2 is 2.28 bits per heavy atom. The Hall–Kier alpha value is -2.37. The first-order chi connectivity index (χ1) is 8.58. The normalized spacial score (nSPS) is 11.8. The lowest BCUT2D eigenvalue weighted by atomic mass is 10.1. The summed E-state index contributed by atoms with van der Waals surface area (Å²) >= 11 is 0. The number of rotatable bonds is 3. The summed E-state index contributed by atoms with van der Waals surface area (Å²) in [6, 6.07) is 6.14. The molecule has 0 amide bonds. The first-order valence-corrected chi connectivity index (χ1v) is 5.36. The van der Waals surface area contributed by atoms with Crippen molar-refractivity contribution in [3.8, 4) is 0 Å². The maximum Gasteiger partial charge on any atom is 0.170 e. The lowest BCUT2D eigenvalue weighted by Gasteiger charge is -2.05. The third kappa shape index (κ3) is 2.65. The summed E-state index contributed by atoms with van der Waals surface area (Å²) in [6.45, 7) is 2.31. The Morgan fingerprint density at radius 3 is 2.89 bits per heavy atom. The summed E-state index contributed by atoms with van der Waals surface area (Å²) in [4.78, 5) is 0. The second-order valence-electron chi connectivity index (χ2n) is 3.99. The standard InChI is InChI=1S/C12H13FN4O/c1-8-2-3-17(15-8)7-9-4-10(12(14)16-18)6-11(13)5-9/h2-6,18H,7H2,1H3,(H2,14,16). The Balaban J connectivity index is 2.31. The molecule has 0 aliphatic heterocycles. The molecule has 18 heavy (non-hydrogen) atoms. The number of nitrogens with two attached hydrogens (primary N) is 1. The third-order valence-electron chi connectivity index (χ3n) is 2.48. The number of aromatic nitrogens is 2.